The second-order valence-electron chi connectivity index (χ2n) is 3.08. The Bertz CT molecular complexity index is 158. The second kappa shape index (κ2) is 4.42. The fourth-order valence-electron chi connectivity index (χ4n) is 1.57. The summed E-state index contributed by atoms with van der Waals surface area (Å²) >= 11 is 0. The van der Waals surface area contributed by atoms with Gasteiger partial charge in [-0.05, 0) is 13.0 Å². The molecule has 4 heteroatoms. The van der Waals surface area contributed by atoms with Gasteiger partial charge in [-0.3, -0.25) is 9.69 Å². The molecule has 1 atom stereocenters. The van der Waals surface area contributed by atoms with Gasteiger partial charge in [-0.2, -0.15) is 0 Å². The summed E-state index contributed by atoms with van der Waals surface area (Å²) < 4.78 is 0. The maximum atomic E-state index is 11.3. The number of nitrogens with two attached hydrogens (primary N) is 1. The van der Waals surface area contributed by atoms with Gasteiger partial charge in [0.2, 0.25) is 5.91 Å². The zero-order valence-electron chi connectivity index (χ0n) is 7.55. The van der Waals surface area contributed by atoms with Crippen LogP contribution in [-0.4, -0.2) is 43.0 Å². The van der Waals surface area contributed by atoms with Gasteiger partial charge in [0.25, 0.3) is 0 Å². The number of carbonyl (C=O) groups excluding carboxylic acids is 1. The molecule has 1 heterocycles. The van der Waals surface area contributed by atoms with Crippen LogP contribution in [0.1, 0.15) is 13.3 Å². The van der Waals surface area contributed by atoms with Crippen molar-refractivity contribution in [2.24, 2.45) is 5.73 Å². The quantitative estimate of drug-likeness (QED) is 0.582. The lowest BCUT2D eigenvalue weighted by Crippen LogP contribution is -2.58. The van der Waals surface area contributed by atoms with Crippen LogP contribution in [0, 0.1) is 0 Å². The Morgan fingerprint density at radius 2 is 2.50 bits per heavy atom. The molecule has 0 radical (unpaired) electrons. The van der Waals surface area contributed by atoms with Crippen LogP contribution in [0.15, 0.2) is 0 Å². The van der Waals surface area contributed by atoms with Crippen molar-refractivity contribution in [1.29, 1.82) is 0 Å². The van der Waals surface area contributed by atoms with E-state index in [0.717, 1.165) is 26.1 Å². The van der Waals surface area contributed by atoms with Crippen molar-refractivity contribution in [2.45, 2.75) is 19.4 Å². The minimum absolute atomic E-state index is 0.0807. The Morgan fingerprint density at radius 1 is 1.75 bits per heavy atom. The van der Waals surface area contributed by atoms with Crippen molar-refractivity contribution >= 4 is 5.91 Å². The van der Waals surface area contributed by atoms with E-state index in [0.29, 0.717) is 6.54 Å². The molecule has 0 saturated carbocycles. The highest BCUT2D eigenvalue weighted by Crippen LogP contribution is 2.03. The van der Waals surface area contributed by atoms with E-state index >= 15 is 0 Å². The van der Waals surface area contributed by atoms with Crippen LogP contribution in [0.25, 0.3) is 0 Å². The van der Waals surface area contributed by atoms with Gasteiger partial charge in [0.1, 0.15) is 6.04 Å². The SMILES string of the molecule is CCCN1CCNC(=O)C1CN. The van der Waals surface area contributed by atoms with Crippen molar-refractivity contribution in [3.8, 4) is 0 Å². The molecule has 1 rings (SSSR count). The number of carbonyl (C=O) groups is 1. The van der Waals surface area contributed by atoms with Crippen molar-refractivity contribution in [1.82, 2.24) is 10.2 Å². The summed E-state index contributed by atoms with van der Waals surface area (Å²) in [5.41, 5.74) is 5.51. The van der Waals surface area contributed by atoms with Gasteiger partial charge < -0.3 is 11.1 Å². The molecule has 70 valence electrons. The molecule has 0 spiro atoms. The molecule has 1 aliphatic heterocycles. The van der Waals surface area contributed by atoms with E-state index in [9.17, 15) is 4.79 Å². The fraction of sp³-hybridized carbons (Fsp3) is 0.875. The van der Waals surface area contributed by atoms with Crippen LogP contribution in [-0.2, 0) is 4.79 Å². The third-order valence-electron chi connectivity index (χ3n) is 2.18. The normalized spacial score (nSPS) is 25.5. The van der Waals surface area contributed by atoms with Gasteiger partial charge >= 0.3 is 0 Å². The monoisotopic (exact) mass is 171 g/mol. The summed E-state index contributed by atoms with van der Waals surface area (Å²) in [5, 5.41) is 2.81. The standard InChI is InChI=1S/C8H17N3O/c1-2-4-11-5-3-10-8(12)7(11)6-9/h7H,2-6,9H2,1H3,(H,10,12). The summed E-state index contributed by atoms with van der Waals surface area (Å²) in [6.45, 7) is 5.19. The molecule has 0 aliphatic carbocycles. The van der Waals surface area contributed by atoms with Gasteiger partial charge in [0.05, 0.1) is 0 Å². The number of amides is 1. The molecule has 0 bridgehead atoms. The second-order valence-corrected chi connectivity index (χ2v) is 3.08. The average molecular weight is 171 g/mol. The van der Waals surface area contributed by atoms with Crippen LogP contribution in [0.2, 0.25) is 0 Å². The summed E-state index contributed by atoms with van der Waals surface area (Å²) in [6.07, 6.45) is 1.07. The number of hydrogen-bond donors (Lipinski definition) is 2. The van der Waals surface area contributed by atoms with Crippen LogP contribution in [0.4, 0.5) is 0 Å². The lowest BCUT2D eigenvalue weighted by molar-refractivity contribution is -0.128. The molecule has 3 N–H and O–H groups in total. The zero-order valence-corrected chi connectivity index (χ0v) is 7.55. The van der Waals surface area contributed by atoms with Gasteiger partial charge in [0, 0.05) is 19.6 Å². The van der Waals surface area contributed by atoms with E-state index in [1.807, 2.05) is 0 Å². The van der Waals surface area contributed by atoms with E-state index in [-0.39, 0.29) is 11.9 Å². The van der Waals surface area contributed by atoms with Gasteiger partial charge in [-0.1, -0.05) is 6.92 Å². The molecule has 0 aromatic carbocycles. The van der Waals surface area contributed by atoms with E-state index in [4.69, 9.17) is 5.73 Å². The summed E-state index contributed by atoms with van der Waals surface area (Å²) in [4.78, 5) is 13.4. The molecule has 12 heavy (non-hydrogen) atoms. The number of hydrogen-bond acceptors (Lipinski definition) is 3. The predicted octanol–water partition coefficient (Wildman–Crippen LogP) is -0.844. The molecule has 1 unspecified atom stereocenters. The minimum atomic E-state index is -0.0984. The Morgan fingerprint density at radius 3 is 3.08 bits per heavy atom. The van der Waals surface area contributed by atoms with Crippen LogP contribution in [0.3, 0.4) is 0 Å². The first-order valence-corrected chi connectivity index (χ1v) is 4.51. The summed E-state index contributed by atoms with van der Waals surface area (Å²) in [7, 11) is 0. The molecular formula is C8H17N3O. The minimum Gasteiger partial charge on any atom is -0.353 e. The van der Waals surface area contributed by atoms with Gasteiger partial charge in [-0.15, -0.1) is 0 Å². The molecule has 1 saturated heterocycles. The van der Waals surface area contributed by atoms with Crippen molar-refractivity contribution < 1.29 is 4.79 Å². The maximum Gasteiger partial charge on any atom is 0.238 e. The highest BCUT2D eigenvalue weighted by atomic mass is 16.2. The molecule has 1 fully saturated rings. The van der Waals surface area contributed by atoms with E-state index < -0.39 is 0 Å². The third kappa shape index (κ3) is 1.95. The van der Waals surface area contributed by atoms with E-state index in [1.54, 1.807) is 0 Å². The number of rotatable bonds is 3. The van der Waals surface area contributed by atoms with Crippen LogP contribution >= 0.6 is 0 Å². The van der Waals surface area contributed by atoms with Gasteiger partial charge in [0.15, 0.2) is 0 Å². The molecule has 1 amide bonds. The number of piperazine rings is 1. The predicted molar refractivity (Wildman–Crippen MR) is 47.7 cm³/mol. The lowest BCUT2D eigenvalue weighted by atomic mass is 10.1. The first-order valence-electron chi connectivity index (χ1n) is 4.51. The number of nitrogens with zero attached hydrogens (tertiary/aromatic N) is 1. The van der Waals surface area contributed by atoms with E-state index in [2.05, 4.69) is 17.1 Å². The lowest BCUT2D eigenvalue weighted by Gasteiger charge is -2.33. The smallest absolute Gasteiger partial charge is 0.238 e. The molecule has 4 nitrogen and oxygen atoms in total. The summed E-state index contributed by atoms with van der Waals surface area (Å²) in [5.74, 6) is 0.0807. The Labute approximate surface area is 73.1 Å². The largest absolute Gasteiger partial charge is 0.353 e. The molecule has 0 aromatic rings. The molecular weight excluding hydrogens is 154 g/mol. The van der Waals surface area contributed by atoms with Crippen LogP contribution in [0.5, 0.6) is 0 Å². The van der Waals surface area contributed by atoms with Crippen molar-refractivity contribution in [2.75, 3.05) is 26.2 Å². The number of nitrogens with one attached hydrogen (secondary N) is 1. The van der Waals surface area contributed by atoms with Crippen LogP contribution < -0.4 is 11.1 Å². The van der Waals surface area contributed by atoms with Crippen molar-refractivity contribution in [3.05, 3.63) is 0 Å². The summed E-state index contributed by atoms with van der Waals surface area (Å²) in [6, 6.07) is -0.0984. The highest BCUT2D eigenvalue weighted by Gasteiger charge is 2.26. The Balaban J connectivity index is 2.51. The first kappa shape index (κ1) is 9.48. The molecule has 0 aromatic heterocycles. The fourth-order valence-corrected chi connectivity index (χ4v) is 1.57. The topological polar surface area (TPSA) is 58.4 Å². The third-order valence-corrected chi connectivity index (χ3v) is 2.18. The zero-order chi connectivity index (χ0) is 8.97. The van der Waals surface area contributed by atoms with Crippen molar-refractivity contribution in [3.63, 3.8) is 0 Å². The average Bonchev–Trinajstić information content (AvgIpc) is 2.05. The first-order chi connectivity index (χ1) is 5.79. The Hall–Kier alpha value is -0.610. The Kier molecular flexibility index (Phi) is 3.49. The highest BCUT2D eigenvalue weighted by molar-refractivity contribution is 5.82. The van der Waals surface area contributed by atoms with E-state index in [1.165, 1.54) is 0 Å². The van der Waals surface area contributed by atoms with Gasteiger partial charge in [-0.25, -0.2) is 0 Å². The maximum absolute atomic E-state index is 11.3. The molecule has 1 aliphatic rings.